The zero-order chi connectivity index (χ0) is 15.1. The van der Waals surface area contributed by atoms with Gasteiger partial charge in [0.1, 0.15) is 0 Å². The fourth-order valence-electron chi connectivity index (χ4n) is 2.46. The second kappa shape index (κ2) is 7.43. The van der Waals surface area contributed by atoms with Crippen LogP contribution < -0.4 is 5.32 Å². The summed E-state index contributed by atoms with van der Waals surface area (Å²) >= 11 is 0. The van der Waals surface area contributed by atoms with Crippen molar-refractivity contribution in [2.75, 3.05) is 12.4 Å². The highest BCUT2D eigenvalue weighted by Gasteiger charge is 2.07. The number of aromatic carboxylic acids is 1. The molecule has 0 saturated carbocycles. The maximum atomic E-state index is 10.5. The first-order valence-corrected chi connectivity index (χ1v) is 7.14. The molecule has 1 aromatic heterocycles. The third kappa shape index (κ3) is 4.05. The molecule has 3 rings (SSSR count). The van der Waals surface area contributed by atoms with E-state index in [0.717, 1.165) is 0 Å². The van der Waals surface area contributed by atoms with Gasteiger partial charge in [-0.1, -0.05) is 24.3 Å². The van der Waals surface area contributed by atoms with Crippen molar-refractivity contribution in [1.82, 2.24) is 4.98 Å². The summed E-state index contributed by atoms with van der Waals surface area (Å²) in [4.78, 5) is 14.3. The van der Waals surface area contributed by atoms with Gasteiger partial charge >= 0.3 is 5.97 Å². The number of nitrogens with zero attached hydrogens (tertiary/aromatic N) is 1. The number of hydrogen-bond donors (Lipinski definition) is 2. The van der Waals surface area contributed by atoms with E-state index < -0.39 is 5.97 Å². The molecule has 0 unspecified atom stereocenters. The summed E-state index contributed by atoms with van der Waals surface area (Å²) in [6, 6.07) is 10.3. The summed E-state index contributed by atoms with van der Waals surface area (Å²) in [5.74, 6) is -0.947. The zero-order valence-electron chi connectivity index (χ0n) is 12.2. The highest BCUT2D eigenvalue weighted by molar-refractivity contribution is 5.93. The van der Waals surface area contributed by atoms with E-state index in [1.54, 1.807) is 18.2 Å². The molecule has 4 nitrogen and oxygen atoms in total. The van der Waals surface area contributed by atoms with Crippen LogP contribution in [0.2, 0.25) is 0 Å². The highest BCUT2D eigenvalue weighted by atomic mass is 16.4. The Bertz CT molecular complexity index is 586. The number of rotatable bonds is 2. The largest absolute Gasteiger partial charge is 0.478 e. The molecule has 2 aromatic rings. The van der Waals surface area contributed by atoms with Crippen LogP contribution in [0.5, 0.6) is 0 Å². The lowest BCUT2D eigenvalue weighted by Crippen LogP contribution is -2.02. The number of fused-ring (bicyclic) bond motifs is 1. The Morgan fingerprint density at radius 2 is 1.76 bits per heavy atom. The summed E-state index contributed by atoms with van der Waals surface area (Å²) in [7, 11) is 1.66. The van der Waals surface area contributed by atoms with Gasteiger partial charge in [-0.15, -0.1) is 0 Å². The van der Waals surface area contributed by atoms with Crippen molar-refractivity contribution >= 4 is 11.7 Å². The molecular weight excluding hydrogens is 264 g/mol. The molecular formula is C17H20N2O2. The van der Waals surface area contributed by atoms with Crippen LogP contribution in [0, 0.1) is 0 Å². The fourth-order valence-corrected chi connectivity index (χ4v) is 2.46. The van der Waals surface area contributed by atoms with E-state index >= 15 is 0 Å². The van der Waals surface area contributed by atoms with E-state index in [4.69, 9.17) is 5.11 Å². The van der Waals surface area contributed by atoms with Gasteiger partial charge in [-0.3, -0.25) is 4.98 Å². The molecule has 2 N–H and O–H groups in total. The average molecular weight is 284 g/mol. The molecule has 0 radical (unpaired) electrons. The summed E-state index contributed by atoms with van der Waals surface area (Å²) < 4.78 is 0. The number of nitrogens with one attached hydrogen (secondary N) is 1. The van der Waals surface area contributed by atoms with Gasteiger partial charge in [-0.05, 0) is 42.9 Å². The highest BCUT2D eigenvalue weighted by Crippen LogP contribution is 2.19. The Labute approximate surface area is 124 Å². The van der Waals surface area contributed by atoms with E-state index in [1.165, 1.54) is 44.1 Å². The molecule has 0 aliphatic heterocycles. The van der Waals surface area contributed by atoms with Crippen molar-refractivity contribution in [3.63, 3.8) is 0 Å². The second-order valence-corrected chi connectivity index (χ2v) is 4.95. The van der Waals surface area contributed by atoms with Crippen molar-refractivity contribution in [2.45, 2.75) is 25.7 Å². The van der Waals surface area contributed by atoms with E-state index in [2.05, 4.69) is 34.6 Å². The van der Waals surface area contributed by atoms with Gasteiger partial charge in [0.15, 0.2) is 0 Å². The van der Waals surface area contributed by atoms with Gasteiger partial charge in [0.05, 0.1) is 17.4 Å². The Morgan fingerprint density at radius 1 is 1.14 bits per heavy atom. The maximum Gasteiger partial charge on any atom is 0.337 e. The van der Waals surface area contributed by atoms with Crippen molar-refractivity contribution < 1.29 is 9.90 Å². The minimum Gasteiger partial charge on any atom is -0.478 e. The molecule has 0 spiro atoms. The lowest BCUT2D eigenvalue weighted by molar-refractivity contribution is 0.0698. The molecule has 1 aliphatic carbocycles. The number of hydrogen-bond acceptors (Lipinski definition) is 3. The van der Waals surface area contributed by atoms with E-state index in [-0.39, 0.29) is 5.56 Å². The second-order valence-electron chi connectivity index (χ2n) is 4.95. The Morgan fingerprint density at radius 3 is 2.24 bits per heavy atom. The summed E-state index contributed by atoms with van der Waals surface area (Å²) in [5.41, 5.74) is 3.92. The van der Waals surface area contributed by atoms with E-state index in [9.17, 15) is 4.79 Å². The minimum absolute atomic E-state index is 0.238. The van der Waals surface area contributed by atoms with Crippen LogP contribution in [-0.2, 0) is 12.8 Å². The fraction of sp³-hybridized carbons (Fsp3) is 0.294. The van der Waals surface area contributed by atoms with Crippen molar-refractivity contribution in [3.8, 4) is 0 Å². The van der Waals surface area contributed by atoms with Crippen LogP contribution in [0.3, 0.4) is 0 Å². The maximum absolute atomic E-state index is 10.5. The predicted molar refractivity (Wildman–Crippen MR) is 83.8 cm³/mol. The molecule has 0 atom stereocenters. The number of carboxylic acids is 1. The third-order valence-electron chi connectivity index (χ3n) is 3.58. The van der Waals surface area contributed by atoms with Crippen molar-refractivity contribution in [3.05, 3.63) is 59.4 Å². The van der Waals surface area contributed by atoms with E-state index in [0.29, 0.717) is 5.69 Å². The molecule has 1 aliphatic rings. The number of carbonyl (C=O) groups is 1. The van der Waals surface area contributed by atoms with Crippen LogP contribution in [0.25, 0.3) is 0 Å². The number of aromatic nitrogens is 1. The summed E-state index contributed by atoms with van der Waals surface area (Å²) in [5, 5.41) is 11.4. The van der Waals surface area contributed by atoms with Gasteiger partial charge in [0.25, 0.3) is 0 Å². The number of anilines is 1. The molecule has 1 aromatic carbocycles. The smallest absolute Gasteiger partial charge is 0.337 e. The number of benzene rings is 1. The first-order valence-electron chi connectivity index (χ1n) is 7.14. The van der Waals surface area contributed by atoms with Gasteiger partial charge in [0.2, 0.25) is 0 Å². The quantitative estimate of drug-likeness (QED) is 0.887. The van der Waals surface area contributed by atoms with Crippen LogP contribution in [-0.4, -0.2) is 23.1 Å². The molecule has 0 fully saturated rings. The predicted octanol–water partition coefficient (Wildman–Crippen LogP) is 3.39. The Kier molecular flexibility index (Phi) is 5.32. The number of aryl methyl sites for hydroxylation is 2. The first-order chi connectivity index (χ1) is 10.2. The van der Waals surface area contributed by atoms with Crippen LogP contribution >= 0.6 is 0 Å². The zero-order valence-corrected chi connectivity index (χ0v) is 12.2. The monoisotopic (exact) mass is 284 g/mol. The summed E-state index contributed by atoms with van der Waals surface area (Å²) in [6.45, 7) is 0. The van der Waals surface area contributed by atoms with Crippen molar-refractivity contribution in [2.24, 2.45) is 0 Å². The molecule has 4 heteroatoms. The van der Waals surface area contributed by atoms with E-state index in [1.807, 2.05) is 0 Å². The van der Waals surface area contributed by atoms with Crippen LogP contribution in [0.4, 0.5) is 5.69 Å². The lowest BCUT2D eigenvalue weighted by atomic mass is 9.92. The van der Waals surface area contributed by atoms with Crippen LogP contribution in [0.15, 0.2) is 42.7 Å². The standard InChI is InChI=1S/C10H12.C7H8N2O2/c1-2-6-10-8-4-3-7-9(10)5-1;1-8-6-4-9-3-2-5(6)7(10)11/h1-2,5-6H,3-4,7-8H2;2-4,8H,1H3,(H,10,11). The van der Waals surface area contributed by atoms with Crippen molar-refractivity contribution in [1.29, 1.82) is 0 Å². The lowest BCUT2D eigenvalue weighted by Gasteiger charge is -2.13. The third-order valence-corrected chi connectivity index (χ3v) is 3.58. The molecule has 1 heterocycles. The van der Waals surface area contributed by atoms with Gasteiger partial charge < -0.3 is 10.4 Å². The van der Waals surface area contributed by atoms with Gasteiger partial charge in [-0.25, -0.2) is 4.79 Å². The van der Waals surface area contributed by atoms with Gasteiger partial charge in [0, 0.05) is 13.2 Å². The van der Waals surface area contributed by atoms with Crippen LogP contribution in [0.1, 0.15) is 34.3 Å². The molecule has 0 amide bonds. The molecule has 110 valence electrons. The average Bonchev–Trinajstić information content (AvgIpc) is 2.55. The summed E-state index contributed by atoms with van der Waals surface area (Å²) in [6.07, 6.45) is 8.30. The molecule has 0 bridgehead atoms. The molecule has 0 saturated heterocycles. The number of pyridine rings is 1. The van der Waals surface area contributed by atoms with Gasteiger partial charge in [-0.2, -0.15) is 0 Å². The Balaban J connectivity index is 0.000000154. The molecule has 21 heavy (non-hydrogen) atoms. The minimum atomic E-state index is -0.947. The number of carboxylic acid groups (broad SMARTS) is 1. The normalized spacial score (nSPS) is 12.6. The first kappa shape index (κ1) is 15.0. The Hall–Kier alpha value is -2.36. The topological polar surface area (TPSA) is 62.2 Å². The SMILES string of the molecule is CNc1cnccc1C(=O)O.c1ccc2c(c1)CCCC2.